The molecule has 0 bridgehead atoms. The molecule has 1 aromatic rings. The van der Waals surface area contributed by atoms with Gasteiger partial charge >= 0.3 is 5.97 Å². The summed E-state index contributed by atoms with van der Waals surface area (Å²) in [5, 5.41) is 0. The zero-order valence-corrected chi connectivity index (χ0v) is 10.2. The number of carbonyl (C=O) groups excluding carboxylic acids is 1. The molecule has 0 saturated heterocycles. The van der Waals surface area contributed by atoms with Crippen LogP contribution in [0.4, 0.5) is 5.69 Å². The summed E-state index contributed by atoms with van der Waals surface area (Å²) in [6, 6.07) is 6.09. The third-order valence-corrected chi connectivity index (χ3v) is 3.32. The summed E-state index contributed by atoms with van der Waals surface area (Å²) in [6.45, 7) is 2.31. The summed E-state index contributed by atoms with van der Waals surface area (Å²) in [7, 11) is 0. The summed E-state index contributed by atoms with van der Waals surface area (Å²) in [5.41, 5.74) is 9.26. The first kappa shape index (κ1) is 12.0. The van der Waals surface area contributed by atoms with E-state index < -0.39 is 0 Å². The van der Waals surface area contributed by atoms with Crippen molar-refractivity contribution in [2.45, 2.75) is 32.6 Å². The molecule has 3 heteroatoms. The Hall–Kier alpha value is -1.51. The van der Waals surface area contributed by atoms with Gasteiger partial charge in [-0.05, 0) is 55.4 Å². The number of carbonyl (C=O) groups is 1. The van der Waals surface area contributed by atoms with Crippen LogP contribution in [0.15, 0.2) is 18.2 Å². The van der Waals surface area contributed by atoms with Gasteiger partial charge in [0.05, 0.1) is 6.61 Å². The minimum Gasteiger partial charge on any atom is -0.466 e. The number of benzene rings is 1. The summed E-state index contributed by atoms with van der Waals surface area (Å²) in [6.07, 6.45) is 3.58. The van der Waals surface area contributed by atoms with Crippen LogP contribution in [-0.2, 0) is 22.4 Å². The zero-order chi connectivity index (χ0) is 12.3. The SMILES string of the molecule is CCOC(=O)CC1CCc2ccc(N)cc2C1. The number of nitrogen functional groups attached to an aromatic ring is 1. The predicted octanol–water partition coefficient (Wildman–Crippen LogP) is 2.33. The second kappa shape index (κ2) is 5.21. The largest absolute Gasteiger partial charge is 0.466 e. The lowest BCUT2D eigenvalue weighted by Crippen LogP contribution is -2.19. The van der Waals surface area contributed by atoms with Gasteiger partial charge in [-0.2, -0.15) is 0 Å². The molecule has 0 spiro atoms. The maximum atomic E-state index is 11.4. The van der Waals surface area contributed by atoms with Crippen LogP contribution in [-0.4, -0.2) is 12.6 Å². The van der Waals surface area contributed by atoms with Crippen molar-refractivity contribution in [3.05, 3.63) is 29.3 Å². The number of fused-ring (bicyclic) bond motifs is 1. The minimum atomic E-state index is -0.0788. The molecule has 0 amide bonds. The van der Waals surface area contributed by atoms with Gasteiger partial charge in [0.15, 0.2) is 0 Å². The Kier molecular flexibility index (Phi) is 3.67. The maximum absolute atomic E-state index is 11.4. The van der Waals surface area contributed by atoms with Crippen LogP contribution < -0.4 is 5.73 Å². The molecule has 1 atom stereocenters. The maximum Gasteiger partial charge on any atom is 0.306 e. The van der Waals surface area contributed by atoms with Crippen LogP contribution in [0.2, 0.25) is 0 Å². The topological polar surface area (TPSA) is 52.3 Å². The van der Waals surface area contributed by atoms with Crippen molar-refractivity contribution >= 4 is 11.7 Å². The van der Waals surface area contributed by atoms with Crippen LogP contribution in [0.1, 0.15) is 30.9 Å². The molecule has 0 radical (unpaired) electrons. The molecule has 3 nitrogen and oxygen atoms in total. The molecule has 1 aliphatic rings. The van der Waals surface area contributed by atoms with E-state index in [1.807, 2.05) is 19.1 Å². The number of aryl methyl sites for hydroxylation is 1. The van der Waals surface area contributed by atoms with Crippen molar-refractivity contribution in [1.29, 1.82) is 0 Å². The average molecular weight is 233 g/mol. The van der Waals surface area contributed by atoms with Crippen LogP contribution in [0, 0.1) is 5.92 Å². The highest BCUT2D eigenvalue weighted by atomic mass is 16.5. The van der Waals surface area contributed by atoms with Gasteiger partial charge in [-0.1, -0.05) is 6.07 Å². The predicted molar refractivity (Wildman–Crippen MR) is 67.6 cm³/mol. The van der Waals surface area contributed by atoms with E-state index in [0.717, 1.165) is 24.9 Å². The lowest BCUT2D eigenvalue weighted by Gasteiger charge is -2.24. The highest BCUT2D eigenvalue weighted by Gasteiger charge is 2.21. The molecular weight excluding hydrogens is 214 g/mol. The summed E-state index contributed by atoms with van der Waals surface area (Å²) >= 11 is 0. The van der Waals surface area contributed by atoms with Gasteiger partial charge in [-0.15, -0.1) is 0 Å². The number of hydrogen-bond donors (Lipinski definition) is 1. The molecule has 1 aliphatic carbocycles. The van der Waals surface area contributed by atoms with E-state index in [1.54, 1.807) is 0 Å². The molecule has 17 heavy (non-hydrogen) atoms. The normalized spacial score (nSPS) is 18.5. The van der Waals surface area contributed by atoms with Gasteiger partial charge in [-0.3, -0.25) is 4.79 Å². The van der Waals surface area contributed by atoms with E-state index in [2.05, 4.69) is 6.07 Å². The summed E-state index contributed by atoms with van der Waals surface area (Å²) < 4.78 is 4.99. The van der Waals surface area contributed by atoms with E-state index in [-0.39, 0.29) is 5.97 Å². The second-order valence-corrected chi connectivity index (χ2v) is 4.65. The fraction of sp³-hybridized carbons (Fsp3) is 0.500. The Bertz CT molecular complexity index is 415. The fourth-order valence-corrected chi connectivity index (χ4v) is 2.48. The zero-order valence-electron chi connectivity index (χ0n) is 10.2. The van der Waals surface area contributed by atoms with Gasteiger partial charge in [0.25, 0.3) is 0 Å². The smallest absolute Gasteiger partial charge is 0.306 e. The highest BCUT2D eigenvalue weighted by Crippen LogP contribution is 2.29. The first-order valence-electron chi connectivity index (χ1n) is 6.22. The third kappa shape index (κ3) is 2.99. The van der Waals surface area contributed by atoms with Crippen molar-refractivity contribution < 1.29 is 9.53 Å². The molecule has 0 fully saturated rings. The standard InChI is InChI=1S/C14H19NO2/c1-2-17-14(16)8-10-3-4-11-5-6-13(15)9-12(11)7-10/h5-6,9-10H,2-4,7-8,15H2,1H3. The van der Waals surface area contributed by atoms with Gasteiger partial charge in [-0.25, -0.2) is 0 Å². The Balaban J connectivity index is 2.00. The van der Waals surface area contributed by atoms with E-state index in [0.29, 0.717) is 18.9 Å². The van der Waals surface area contributed by atoms with E-state index in [1.165, 1.54) is 11.1 Å². The monoisotopic (exact) mass is 233 g/mol. The van der Waals surface area contributed by atoms with Crippen LogP contribution in [0.25, 0.3) is 0 Å². The quantitative estimate of drug-likeness (QED) is 0.644. The van der Waals surface area contributed by atoms with Gasteiger partial charge in [0, 0.05) is 12.1 Å². The number of anilines is 1. The van der Waals surface area contributed by atoms with Crippen LogP contribution >= 0.6 is 0 Å². The van der Waals surface area contributed by atoms with Crippen molar-refractivity contribution in [3.63, 3.8) is 0 Å². The molecule has 92 valence electrons. The third-order valence-electron chi connectivity index (χ3n) is 3.32. The Labute approximate surface area is 102 Å². The summed E-state index contributed by atoms with van der Waals surface area (Å²) in [4.78, 5) is 11.4. The number of esters is 1. The highest BCUT2D eigenvalue weighted by molar-refractivity contribution is 5.69. The van der Waals surface area contributed by atoms with Gasteiger partial charge in [0.2, 0.25) is 0 Å². The second-order valence-electron chi connectivity index (χ2n) is 4.65. The van der Waals surface area contributed by atoms with E-state index >= 15 is 0 Å². The molecule has 0 saturated carbocycles. The van der Waals surface area contributed by atoms with E-state index in [9.17, 15) is 4.79 Å². The number of rotatable bonds is 3. The molecule has 0 heterocycles. The lowest BCUT2D eigenvalue weighted by molar-refractivity contribution is -0.144. The Morgan fingerprint density at radius 1 is 1.47 bits per heavy atom. The van der Waals surface area contributed by atoms with Crippen molar-refractivity contribution in [1.82, 2.24) is 0 Å². The fourth-order valence-electron chi connectivity index (χ4n) is 2.48. The van der Waals surface area contributed by atoms with Gasteiger partial charge in [0.1, 0.15) is 0 Å². The number of hydrogen-bond acceptors (Lipinski definition) is 3. The van der Waals surface area contributed by atoms with Gasteiger partial charge < -0.3 is 10.5 Å². The van der Waals surface area contributed by atoms with E-state index in [4.69, 9.17) is 10.5 Å². The molecule has 0 aliphatic heterocycles. The molecule has 1 unspecified atom stereocenters. The van der Waals surface area contributed by atoms with Crippen LogP contribution in [0.3, 0.4) is 0 Å². The molecule has 1 aromatic carbocycles. The molecule has 2 rings (SSSR count). The first-order valence-corrected chi connectivity index (χ1v) is 6.22. The number of nitrogens with two attached hydrogens (primary N) is 1. The van der Waals surface area contributed by atoms with Crippen molar-refractivity contribution in [2.75, 3.05) is 12.3 Å². The molecule has 0 aromatic heterocycles. The summed E-state index contributed by atoms with van der Waals surface area (Å²) in [5.74, 6) is 0.327. The minimum absolute atomic E-state index is 0.0788. The number of ether oxygens (including phenoxy) is 1. The first-order chi connectivity index (χ1) is 8.19. The van der Waals surface area contributed by atoms with Crippen molar-refractivity contribution in [2.24, 2.45) is 5.92 Å². The molecule has 2 N–H and O–H groups in total. The average Bonchev–Trinajstić information content (AvgIpc) is 2.28. The van der Waals surface area contributed by atoms with Crippen molar-refractivity contribution in [3.8, 4) is 0 Å². The van der Waals surface area contributed by atoms with Crippen LogP contribution in [0.5, 0.6) is 0 Å². The molecular formula is C14H19NO2. The lowest BCUT2D eigenvalue weighted by atomic mass is 9.82. The Morgan fingerprint density at radius 3 is 3.06 bits per heavy atom. The Morgan fingerprint density at radius 2 is 2.29 bits per heavy atom.